The van der Waals surface area contributed by atoms with Crippen molar-refractivity contribution in [1.82, 2.24) is 4.90 Å². The lowest BCUT2D eigenvalue weighted by Gasteiger charge is -2.32. The summed E-state index contributed by atoms with van der Waals surface area (Å²) in [4.78, 5) is 44.5. The van der Waals surface area contributed by atoms with Crippen LogP contribution in [0.4, 0.5) is 11.4 Å². The van der Waals surface area contributed by atoms with Gasteiger partial charge in [0.05, 0.1) is 31.5 Å². The maximum Gasteiger partial charge on any atom is 0.338 e. The SMILES string of the molecule is CCOC(=O)c1ccc(NC(=O)C2CC(=O)N(Cc3ccc(OC)cc3)C(=Nc3ccccc3)S2)cc1. The topological polar surface area (TPSA) is 97.3 Å². The predicted molar refractivity (Wildman–Crippen MR) is 144 cm³/mol. The van der Waals surface area contributed by atoms with E-state index in [2.05, 4.69) is 5.32 Å². The first-order valence-corrected chi connectivity index (χ1v) is 12.7. The molecular weight excluding hydrogens is 490 g/mol. The number of carbonyl (C=O) groups excluding carboxylic acids is 3. The van der Waals surface area contributed by atoms with E-state index in [-0.39, 0.29) is 24.8 Å². The van der Waals surface area contributed by atoms with Crippen molar-refractivity contribution in [3.63, 3.8) is 0 Å². The molecule has 0 aromatic heterocycles. The highest BCUT2D eigenvalue weighted by Gasteiger charge is 2.36. The van der Waals surface area contributed by atoms with Crippen molar-refractivity contribution >= 4 is 46.1 Å². The van der Waals surface area contributed by atoms with Gasteiger partial charge in [-0.2, -0.15) is 0 Å². The summed E-state index contributed by atoms with van der Waals surface area (Å²) in [6.07, 6.45) is 0.0291. The summed E-state index contributed by atoms with van der Waals surface area (Å²) in [6, 6.07) is 23.2. The number of rotatable bonds is 8. The second-order valence-electron chi connectivity index (χ2n) is 8.16. The number of esters is 1. The number of methoxy groups -OCH3 is 1. The number of para-hydroxylation sites is 1. The third-order valence-corrected chi connectivity index (χ3v) is 6.76. The number of thioether (sulfide) groups is 1. The molecule has 0 spiro atoms. The van der Waals surface area contributed by atoms with Gasteiger partial charge in [0, 0.05) is 12.1 Å². The van der Waals surface area contributed by atoms with Crippen molar-refractivity contribution in [1.29, 1.82) is 0 Å². The maximum atomic E-state index is 13.2. The summed E-state index contributed by atoms with van der Waals surface area (Å²) in [5.74, 6) is -0.199. The molecule has 0 bridgehead atoms. The largest absolute Gasteiger partial charge is 0.497 e. The lowest BCUT2D eigenvalue weighted by molar-refractivity contribution is -0.129. The first kappa shape index (κ1) is 26.0. The third-order valence-electron chi connectivity index (χ3n) is 5.58. The van der Waals surface area contributed by atoms with E-state index in [9.17, 15) is 14.4 Å². The molecule has 1 aliphatic heterocycles. The summed E-state index contributed by atoms with van der Waals surface area (Å²) >= 11 is 1.25. The molecule has 0 radical (unpaired) electrons. The van der Waals surface area contributed by atoms with Crippen LogP contribution in [0, 0.1) is 0 Å². The molecule has 1 atom stereocenters. The Hall–Kier alpha value is -4.11. The number of anilines is 1. The van der Waals surface area contributed by atoms with Crippen molar-refractivity contribution in [2.24, 2.45) is 4.99 Å². The average molecular weight is 518 g/mol. The number of nitrogens with zero attached hydrogens (tertiary/aromatic N) is 2. The molecule has 0 aliphatic carbocycles. The van der Waals surface area contributed by atoms with Crippen LogP contribution in [0.15, 0.2) is 83.9 Å². The lowest BCUT2D eigenvalue weighted by atomic mass is 10.1. The average Bonchev–Trinajstić information content (AvgIpc) is 2.92. The minimum atomic E-state index is -0.660. The van der Waals surface area contributed by atoms with Crippen LogP contribution in [-0.2, 0) is 20.9 Å². The van der Waals surface area contributed by atoms with Crippen molar-refractivity contribution in [2.75, 3.05) is 19.0 Å². The van der Waals surface area contributed by atoms with Crippen molar-refractivity contribution in [3.8, 4) is 5.75 Å². The Balaban J connectivity index is 1.51. The van der Waals surface area contributed by atoms with E-state index in [0.29, 0.717) is 28.7 Å². The summed E-state index contributed by atoms with van der Waals surface area (Å²) < 4.78 is 10.2. The Morgan fingerprint density at radius 1 is 1.03 bits per heavy atom. The summed E-state index contributed by atoms with van der Waals surface area (Å²) in [7, 11) is 1.60. The van der Waals surface area contributed by atoms with Gasteiger partial charge in [-0.1, -0.05) is 42.1 Å². The first-order chi connectivity index (χ1) is 18.0. The van der Waals surface area contributed by atoms with Gasteiger partial charge in [0.2, 0.25) is 11.8 Å². The van der Waals surface area contributed by atoms with Crippen molar-refractivity contribution < 1.29 is 23.9 Å². The number of amidine groups is 1. The minimum absolute atomic E-state index is 0.0291. The van der Waals surface area contributed by atoms with Crippen LogP contribution < -0.4 is 10.1 Å². The highest BCUT2D eigenvalue weighted by molar-refractivity contribution is 8.15. The van der Waals surface area contributed by atoms with E-state index < -0.39 is 11.2 Å². The number of ether oxygens (including phenoxy) is 2. The third kappa shape index (κ3) is 6.77. The van der Waals surface area contributed by atoms with Gasteiger partial charge in [-0.25, -0.2) is 9.79 Å². The van der Waals surface area contributed by atoms with E-state index in [4.69, 9.17) is 14.5 Å². The second-order valence-corrected chi connectivity index (χ2v) is 9.33. The second kappa shape index (κ2) is 12.2. The van der Waals surface area contributed by atoms with Crippen LogP contribution >= 0.6 is 11.8 Å². The number of hydrogen-bond donors (Lipinski definition) is 1. The Kier molecular flexibility index (Phi) is 8.58. The van der Waals surface area contributed by atoms with Gasteiger partial charge in [0.1, 0.15) is 11.0 Å². The fraction of sp³-hybridized carbons (Fsp3) is 0.214. The van der Waals surface area contributed by atoms with Crippen LogP contribution in [0.5, 0.6) is 5.75 Å². The standard InChI is InChI=1S/C28H27N3O5S/c1-3-36-27(34)20-11-13-22(14-12-20)29-26(33)24-17-25(32)31(18-19-9-15-23(35-2)16-10-19)28(37-24)30-21-7-5-4-6-8-21/h4-16,24H,3,17-18H2,1-2H3,(H,29,33). The number of carbonyl (C=O) groups is 3. The van der Waals surface area contributed by atoms with Crippen molar-refractivity contribution in [3.05, 3.63) is 90.0 Å². The molecule has 1 unspecified atom stereocenters. The van der Waals surface area contributed by atoms with E-state index in [1.165, 1.54) is 11.8 Å². The van der Waals surface area contributed by atoms with Crippen LogP contribution in [0.1, 0.15) is 29.3 Å². The number of aliphatic imine (C=N–C) groups is 1. The van der Waals surface area contributed by atoms with Gasteiger partial charge in [0.25, 0.3) is 0 Å². The smallest absolute Gasteiger partial charge is 0.338 e. The Morgan fingerprint density at radius 2 is 1.73 bits per heavy atom. The fourth-order valence-electron chi connectivity index (χ4n) is 3.65. The molecule has 9 heteroatoms. The summed E-state index contributed by atoms with van der Waals surface area (Å²) in [5, 5.41) is 2.63. The molecule has 1 heterocycles. The Labute approximate surface area is 219 Å². The molecule has 4 rings (SSSR count). The highest BCUT2D eigenvalue weighted by atomic mass is 32.2. The zero-order valence-electron chi connectivity index (χ0n) is 20.5. The molecule has 190 valence electrons. The Bertz CT molecular complexity index is 1280. The van der Waals surface area contributed by atoms with E-state index in [1.54, 1.807) is 43.2 Å². The van der Waals surface area contributed by atoms with Gasteiger partial charge in [0.15, 0.2) is 5.17 Å². The molecule has 1 N–H and O–H groups in total. The van der Waals surface area contributed by atoms with E-state index >= 15 is 0 Å². The molecule has 37 heavy (non-hydrogen) atoms. The molecule has 8 nitrogen and oxygen atoms in total. The fourth-order valence-corrected chi connectivity index (χ4v) is 4.75. The zero-order chi connectivity index (χ0) is 26.2. The molecule has 2 amide bonds. The van der Waals surface area contributed by atoms with E-state index in [1.807, 2.05) is 54.6 Å². The number of nitrogens with one attached hydrogen (secondary N) is 1. The quantitative estimate of drug-likeness (QED) is 0.421. The summed E-state index contributed by atoms with van der Waals surface area (Å²) in [5.41, 5.74) is 2.52. The molecular formula is C28H27N3O5S. The first-order valence-electron chi connectivity index (χ1n) is 11.8. The molecule has 0 saturated carbocycles. The monoisotopic (exact) mass is 517 g/mol. The van der Waals surface area contributed by atoms with Gasteiger partial charge in [-0.05, 0) is 61.0 Å². The molecule has 1 fully saturated rings. The zero-order valence-corrected chi connectivity index (χ0v) is 21.4. The lowest BCUT2D eigenvalue weighted by Crippen LogP contribution is -2.44. The number of hydrogen-bond acceptors (Lipinski definition) is 7. The molecule has 3 aromatic carbocycles. The number of benzene rings is 3. The maximum absolute atomic E-state index is 13.2. The molecule has 1 aliphatic rings. The van der Waals surface area contributed by atoms with Gasteiger partial charge in [-0.15, -0.1) is 0 Å². The predicted octanol–water partition coefficient (Wildman–Crippen LogP) is 5.03. The highest BCUT2D eigenvalue weighted by Crippen LogP contribution is 2.31. The van der Waals surface area contributed by atoms with Crippen LogP contribution in [0.3, 0.4) is 0 Å². The van der Waals surface area contributed by atoms with Crippen LogP contribution in [-0.4, -0.2) is 46.8 Å². The molecule has 3 aromatic rings. The van der Waals surface area contributed by atoms with Gasteiger partial charge >= 0.3 is 5.97 Å². The summed E-state index contributed by atoms with van der Waals surface area (Å²) in [6.45, 7) is 2.35. The van der Waals surface area contributed by atoms with Crippen molar-refractivity contribution in [2.45, 2.75) is 25.1 Å². The normalized spacial score (nSPS) is 16.4. The van der Waals surface area contributed by atoms with Crippen LogP contribution in [0.2, 0.25) is 0 Å². The number of amides is 2. The van der Waals surface area contributed by atoms with Crippen LogP contribution in [0.25, 0.3) is 0 Å². The van der Waals surface area contributed by atoms with E-state index in [0.717, 1.165) is 11.3 Å². The molecule has 1 saturated heterocycles. The van der Waals surface area contributed by atoms with Gasteiger partial charge < -0.3 is 14.8 Å². The minimum Gasteiger partial charge on any atom is -0.497 e. The Morgan fingerprint density at radius 3 is 2.38 bits per heavy atom. The van der Waals surface area contributed by atoms with Gasteiger partial charge in [-0.3, -0.25) is 14.5 Å².